The molecule has 4 aliphatic rings. The van der Waals surface area contributed by atoms with Crippen molar-refractivity contribution >= 4 is 10.8 Å². The van der Waals surface area contributed by atoms with Gasteiger partial charge in [0.2, 0.25) is 5.69 Å². The van der Waals surface area contributed by atoms with Crippen molar-refractivity contribution in [1.82, 2.24) is 0 Å². The molecule has 35 heavy (non-hydrogen) atoms. The minimum absolute atomic E-state index is 0.356. The van der Waals surface area contributed by atoms with Crippen LogP contribution in [0.1, 0.15) is 56.7 Å². The van der Waals surface area contributed by atoms with Crippen LogP contribution in [-0.4, -0.2) is 0 Å². The Bertz CT molecular complexity index is 1460. The number of benzene rings is 3. The number of hydrogen-bond acceptors (Lipinski definition) is 0. The van der Waals surface area contributed by atoms with Gasteiger partial charge in [-0.2, -0.15) is 4.57 Å². The van der Waals surface area contributed by atoms with E-state index in [0.717, 1.165) is 28.8 Å². The van der Waals surface area contributed by atoms with Crippen molar-refractivity contribution in [3.8, 4) is 22.4 Å². The number of aromatic nitrogens is 1. The molecule has 0 unspecified atom stereocenters. The van der Waals surface area contributed by atoms with Gasteiger partial charge in [-0.05, 0) is 108 Å². The quantitative estimate of drug-likeness (QED) is 0.273. The van der Waals surface area contributed by atoms with Crippen LogP contribution >= 0.6 is 0 Å². The van der Waals surface area contributed by atoms with Crippen molar-refractivity contribution in [2.75, 3.05) is 0 Å². The maximum absolute atomic E-state index is 9.10. The molecule has 3 aromatic carbocycles. The highest BCUT2D eigenvalue weighted by molar-refractivity contribution is 5.94. The van der Waals surface area contributed by atoms with Crippen molar-refractivity contribution in [3.63, 3.8) is 0 Å². The fourth-order valence-corrected chi connectivity index (χ4v) is 8.34. The summed E-state index contributed by atoms with van der Waals surface area (Å²) in [6.07, 6.45) is 8.49. The first-order chi connectivity index (χ1) is 17.4. The summed E-state index contributed by atoms with van der Waals surface area (Å²) in [5.74, 6) is 2.79. The summed E-state index contributed by atoms with van der Waals surface area (Å²) in [6.45, 7) is 4.33. The molecule has 176 valence electrons. The first-order valence-corrected chi connectivity index (χ1v) is 13.5. The number of hydrogen-bond donors (Lipinski definition) is 0. The molecule has 4 saturated carbocycles. The van der Waals surface area contributed by atoms with Crippen molar-refractivity contribution in [2.24, 2.45) is 24.8 Å². The van der Waals surface area contributed by atoms with E-state index in [1.807, 2.05) is 0 Å². The minimum Gasteiger partial charge on any atom is -0.198 e. The molecule has 0 spiro atoms. The first kappa shape index (κ1) is 20.3. The summed E-state index contributed by atoms with van der Waals surface area (Å²) in [7, 11) is 2.12. The summed E-state index contributed by atoms with van der Waals surface area (Å²) in [5.41, 5.74) is 9.16. The van der Waals surface area contributed by atoms with Crippen LogP contribution in [-0.2, 0) is 12.5 Å². The third-order valence-electron chi connectivity index (χ3n) is 9.67. The number of fused-ring (bicyclic) bond motifs is 1. The van der Waals surface area contributed by atoms with Crippen molar-refractivity contribution in [2.45, 2.75) is 57.8 Å². The standard InChI is InChI=1S/C34H36N/c1-22-13-28(27-7-5-4-6-8-27)9-11-31(22)33-32-12-10-30(18-29(32)14-23(2)35(33)3)34-19-24-15-25(20-34)17-26(16-24)21-34/h4-14,18,24-26H,15-17,19-21H2,1-3H3/q+1/i14D. The smallest absolute Gasteiger partial charge is 0.198 e. The zero-order valence-corrected chi connectivity index (χ0v) is 21.3. The molecular weight excluding hydrogens is 422 g/mol. The summed E-state index contributed by atoms with van der Waals surface area (Å²) >= 11 is 0. The SMILES string of the molecule is [2H]c1c(C)[n+](C)c(-c2ccc(-c3ccccc3)cc2C)c2ccc(C34CC5CC(CC(C5)C3)C4)cc12. The molecule has 1 heteroatoms. The zero-order valence-electron chi connectivity index (χ0n) is 22.3. The fourth-order valence-electron chi connectivity index (χ4n) is 8.34. The minimum atomic E-state index is 0.356. The van der Waals surface area contributed by atoms with Gasteiger partial charge in [0.1, 0.15) is 7.05 Å². The molecule has 1 nitrogen and oxygen atoms in total. The molecule has 1 aromatic heterocycles. The van der Waals surface area contributed by atoms with E-state index in [1.54, 1.807) is 0 Å². The Labute approximate surface area is 211 Å². The van der Waals surface area contributed by atoms with Gasteiger partial charge in [0.05, 0.1) is 6.76 Å². The fraction of sp³-hybridized carbons (Fsp3) is 0.382. The van der Waals surface area contributed by atoms with Crippen LogP contribution in [0.4, 0.5) is 0 Å². The van der Waals surface area contributed by atoms with Crippen LogP contribution in [0.5, 0.6) is 0 Å². The number of aryl methyl sites for hydroxylation is 1. The van der Waals surface area contributed by atoms with Gasteiger partial charge < -0.3 is 0 Å². The lowest BCUT2D eigenvalue weighted by molar-refractivity contribution is -0.665. The Morgan fingerprint density at radius 2 is 1.49 bits per heavy atom. The van der Waals surface area contributed by atoms with Crippen LogP contribution in [0, 0.1) is 31.6 Å². The number of nitrogens with zero attached hydrogens (tertiary/aromatic N) is 1. The molecule has 0 aliphatic heterocycles. The lowest BCUT2D eigenvalue weighted by atomic mass is 9.48. The highest BCUT2D eigenvalue weighted by Gasteiger charge is 2.51. The Morgan fingerprint density at radius 3 is 2.14 bits per heavy atom. The summed E-state index contributed by atoms with van der Waals surface area (Å²) in [4.78, 5) is 0. The second-order valence-corrected chi connectivity index (χ2v) is 12.0. The Balaban J connectivity index is 1.38. The predicted molar refractivity (Wildman–Crippen MR) is 145 cm³/mol. The van der Waals surface area contributed by atoms with Crippen LogP contribution in [0.15, 0.2) is 72.8 Å². The predicted octanol–water partition coefficient (Wildman–Crippen LogP) is 8.08. The highest BCUT2D eigenvalue weighted by atomic mass is 14.9. The molecule has 8 rings (SSSR count). The zero-order chi connectivity index (χ0) is 24.6. The molecule has 0 atom stereocenters. The first-order valence-electron chi connectivity index (χ1n) is 14.0. The monoisotopic (exact) mass is 459 g/mol. The van der Waals surface area contributed by atoms with Gasteiger partial charge in [-0.15, -0.1) is 0 Å². The van der Waals surface area contributed by atoms with Crippen LogP contribution in [0.2, 0.25) is 0 Å². The van der Waals surface area contributed by atoms with E-state index in [0.29, 0.717) is 11.5 Å². The largest absolute Gasteiger partial charge is 0.220 e. The topological polar surface area (TPSA) is 3.88 Å². The van der Waals surface area contributed by atoms with Crippen LogP contribution < -0.4 is 4.57 Å². The van der Waals surface area contributed by atoms with Crippen LogP contribution in [0.25, 0.3) is 33.2 Å². The van der Waals surface area contributed by atoms with Gasteiger partial charge in [-0.3, -0.25) is 0 Å². The van der Waals surface area contributed by atoms with Crippen molar-refractivity contribution in [1.29, 1.82) is 0 Å². The Morgan fingerprint density at radius 1 is 0.800 bits per heavy atom. The van der Waals surface area contributed by atoms with E-state index in [9.17, 15) is 0 Å². The van der Waals surface area contributed by atoms with Gasteiger partial charge in [-0.1, -0.05) is 54.6 Å². The van der Waals surface area contributed by atoms with Gasteiger partial charge in [0.25, 0.3) is 0 Å². The molecule has 0 amide bonds. The summed E-state index contributed by atoms with van der Waals surface area (Å²) in [6, 6.07) is 25.3. The molecule has 4 aromatic rings. The molecule has 0 radical (unpaired) electrons. The average Bonchev–Trinajstić information content (AvgIpc) is 2.88. The lowest BCUT2D eigenvalue weighted by Gasteiger charge is -2.57. The Kier molecular flexibility index (Phi) is 4.51. The van der Waals surface area contributed by atoms with Gasteiger partial charge in [0, 0.05) is 18.5 Å². The molecule has 4 bridgehead atoms. The molecule has 4 fully saturated rings. The third-order valence-corrected chi connectivity index (χ3v) is 9.67. The van der Waals surface area contributed by atoms with Crippen LogP contribution in [0.3, 0.4) is 0 Å². The molecule has 4 aliphatic carbocycles. The van der Waals surface area contributed by atoms with Gasteiger partial charge in [0.15, 0.2) is 5.69 Å². The number of rotatable bonds is 3. The Hall–Kier alpha value is -2.93. The summed E-state index contributed by atoms with van der Waals surface area (Å²) in [5, 5.41) is 2.33. The van der Waals surface area contributed by atoms with E-state index < -0.39 is 0 Å². The average molecular weight is 460 g/mol. The van der Waals surface area contributed by atoms with Crippen molar-refractivity contribution in [3.05, 3.63) is 89.6 Å². The van der Waals surface area contributed by atoms with E-state index in [2.05, 4.69) is 92.2 Å². The number of pyridine rings is 1. The molecule has 1 heterocycles. The second-order valence-electron chi connectivity index (χ2n) is 12.0. The van der Waals surface area contributed by atoms with E-state index in [1.165, 1.54) is 77.4 Å². The van der Waals surface area contributed by atoms with Crippen molar-refractivity contribution < 1.29 is 5.94 Å². The van der Waals surface area contributed by atoms with E-state index >= 15 is 0 Å². The molecular formula is C34H36N+. The maximum atomic E-state index is 9.10. The third kappa shape index (κ3) is 3.39. The normalized spacial score (nSPS) is 27.4. The highest BCUT2D eigenvalue weighted by Crippen LogP contribution is 2.60. The second kappa shape index (κ2) is 7.79. The lowest BCUT2D eigenvalue weighted by Crippen LogP contribution is -2.48. The maximum Gasteiger partial charge on any atom is 0.220 e. The van der Waals surface area contributed by atoms with Gasteiger partial charge in [-0.25, -0.2) is 0 Å². The van der Waals surface area contributed by atoms with E-state index in [4.69, 9.17) is 1.37 Å². The summed E-state index contributed by atoms with van der Waals surface area (Å²) < 4.78 is 11.3. The molecule has 0 N–H and O–H groups in total. The van der Waals surface area contributed by atoms with E-state index in [-0.39, 0.29) is 0 Å². The molecule has 0 saturated heterocycles. The van der Waals surface area contributed by atoms with Gasteiger partial charge >= 0.3 is 0 Å².